The maximum Gasteiger partial charge on any atom is 0.241 e. The van der Waals surface area contributed by atoms with Crippen molar-refractivity contribution >= 4 is 23.2 Å². The summed E-state index contributed by atoms with van der Waals surface area (Å²) in [7, 11) is 0. The maximum atomic E-state index is 13.0. The van der Waals surface area contributed by atoms with Crippen molar-refractivity contribution in [2.45, 2.75) is 31.8 Å². The molecular formula is C25H24ClN5O. The van der Waals surface area contributed by atoms with Crippen LogP contribution in [0.2, 0.25) is 5.02 Å². The predicted octanol–water partition coefficient (Wildman–Crippen LogP) is 4.49. The molecule has 0 spiro atoms. The molecule has 32 heavy (non-hydrogen) atoms. The lowest BCUT2D eigenvalue weighted by Crippen LogP contribution is -2.52. The van der Waals surface area contributed by atoms with E-state index in [1.165, 1.54) is 5.56 Å². The molecule has 2 aliphatic heterocycles. The average molecular weight is 446 g/mol. The van der Waals surface area contributed by atoms with Gasteiger partial charge in [0.25, 0.3) is 0 Å². The first-order valence-corrected chi connectivity index (χ1v) is 11.3. The van der Waals surface area contributed by atoms with Crippen LogP contribution < -0.4 is 4.90 Å². The van der Waals surface area contributed by atoms with E-state index in [2.05, 4.69) is 20.5 Å². The number of nitrogens with zero attached hydrogens (tertiary/aromatic N) is 5. The van der Waals surface area contributed by atoms with Crippen molar-refractivity contribution in [1.82, 2.24) is 14.5 Å². The van der Waals surface area contributed by atoms with Crippen LogP contribution in [-0.2, 0) is 4.79 Å². The summed E-state index contributed by atoms with van der Waals surface area (Å²) in [5.74, 6) is 1.07. The molecule has 0 radical (unpaired) electrons. The number of hydrogen-bond donors (Lipinski definition) is 0. The highest BCUT2D eigenvalue weighted by molar-refractivity contribution is 6.30. The highest BCUT2D eigenvalue weighted by Gasteiger charge is 2.36. The van der Waals surface area contributed by atoms with E-state index in [1.54, 1.807) is 0 Å². The Kier molecular flexibility index (Phi) is 5.46. The smallest absolute Gasteiger partial charge is 0.241 e. The summed E-state index contributed by atoms with van der Waals surface area (Å²) < 4.78 is 2.31. The van der Waals surface area contributed by atoms with Crippen LogP contribution in [0.3, 0.4) is 0 Å². The first-order valence-electron chi connectivity index (χ1n) is 10.9. The number of halogens is 1. The second-order valence-electron chi connectivity index (χ2n) is 8.44. The fraction of sp³-hybridized carbons (Fsp3) is 0.320. The quantitative estimate of drug-likeness (QED) is 0.595. The number of amides is 1. The second-order valence-corrected chi connectivity index (χ2v) is 8.88. The third-order valence-electron chi connectivity index (χ3n) is 6.61. The van der Waals surface area contributed by atoms with Gasteiger partial charge in [0.1, 0.15) is 5.82 Å². The average Bonchev–Trinajstić information content (AvgIpc) is 3.20. The maximum absolute atomic E-state index is 13.0. The minimum Gasteiger partial charge on any atom is -0.323 e. The van der Waals surface area contributed by atoms with Gasteiger partial charge < -0.3 is 9.47 Å². The van der Waals surface area contributed by atoms with E-state index in [1.807, 2.05) is 66.6 Å². The highest BCUT2D eigenvalue weighted by atomic mass is 35.5. The van der Waals surface area contributed by atoms with Gasteiger partial charge in [-0.1, -0.05) is 29.8 Å². The molecule has 0 unspecified atom stereocenters. The number of anilines is 1. The molecule has 3 heterocycles. The largest absolute Gasteiger partial charge is 0.323 e. The normalized spacial score (nSPS) is 21.3. The van der Waals surface area contributed by atoms with E-state index in [9.17, 15) is 4.79 Å². The van der Waals surface area contributed by atoms with Gasteiger partial charge in [-0.15, -0.1) is 0 Å². The zero-order valence-electron chi connectivity index (χ0n) is 17.9. The van der Waals surface area contributed by atoms with Crippen LogP contribution in [0.25, 0.3) is 0 Å². The molecule has 0 N–H and O–H groups in total. The number of rotatable bonds is 3. The van der Waals surface area contributed by atoms with E-state index < -0.39 is 0 Å². The van der Waals surface area contributed by atoms with Crippen LogP contribution in [0.5, 0.6) is 0 Å². The minimum atomic E-state index is 0.0931. The Morgan fingerprint density at radius 1 is 1.09 bits per heavy atom. The number of aromatic nitrogens is 2. The Hall–Kier alpha value is -3.14. The second kappa shape index (κ2) is 8.42. The Morgan fingerprint density at radius 3 is 2.59 bits per heavy atom. The van der Waals surface area contributed by atoms with E-state index in [4.69, 9.17) is 16.9 Å². The SMILES string of the molecule is Cc1ncc2n1[C@@H](c1ccc(C#N)cc1)CC[C@H]2N1CCN(c2cccc(Cl)c2)C(=O)C1. The van der Waals surface area contributed by atoms with Crippen LogP contribution in [-0.4, -0.2) is 40.0 Å². The molecule has 6 nitrogen and oxygen atoms in total. The van der Waals surface area contributed by atoms with Gasteiger partial charge >= 0.3 is 0 Å². The molecule has 0 saturated carbocycles. The monoisotopic (exact) mass is 445 g/mol. The first-order chi connectivity index (χ1) is 15.5. The van der Waals surface area contributed by atoms with Gasteiger partial charge in [-0.25, -0.2) is 4.98 Å². The Labute approximate surface area is 192 Å². The molecule has 2 aliphatic rings. The molecule has 1 saturated heterocycles. The topological polar surface area (TPSA) is 65.2 Å². The number of carbonyl (C=O) groups excluding carboxylic acids is 1. The van der Waals surface area contributed by atoms with Crippen molar-refractivity contribution in [3.05, 3.63) is 82.4 Å². The van der Waals surface area contributed by atoms with Crippen molar-refractivity contribution in [1.29, 1.82) is 5.26 Å². The molecule has 1 amide bonds. The molecule has 2 atom stereocenters. The van der Waals surface area contributed by atoms with Crippen molar-refractivity contribution < 1.29 is 4.79 Å². The number of fused-ring (bicyclic) bond motifs is 1. The third-order valence-corrected chi connectivity index (χ3v) is 6.85. The zero-order chi connectivity index (χ0) is 22.2. The summed E-state index contributed by atoms with van der Waals surface area (Å²) in [4.78, 5) is 21.7. The molecule has 1 fully saturated rings. The Balaban J connectivity index is 1.38. The number of carbonyl (C=O) groups is 1. The Morgan fingerprint density at radius 2 is 1.88 bits per heavy atom. The lowest BCUT2D eigenvalue weighted by Gasteiger charge is -2.42. The minimum absolute atomic E-state index is 0.0931. The summed E-state index contributed by atoms with van der Waals surface area (Å²) in [6.07, 6.45) is 3.88. The molecule has 0 aliphatic carbocycles. The lowest BCUT2D eigenvalue weighted by atomic mass is 9.91. The van der Waals surface area contributed by atoms with Gasteiger partial charge in [0.15, 0.2) is 0 Å². The zero-order valence-corrected chi connectivity index (χ0v) is 18.7. The summed E-state index contributed by atoms with van der Waals surface area (Å²) >= 11 is 6.13. The van der Waals surface area contributed by atoms with Crippen LogP contribution in [0.1, 0.15) is 47.6 Å². The van der Waals surface area contributed by atoms with Crippen LogP contribution in [0.4, 0.5) is 5.69 Å². The number of nitriles is 1. The number of hydrogen-bond acceptors (Lipinski definition) is 4. The molecule has 3 aromatic rings. The van der Waals surface area contributed by atoms with Crippen LogP contribution in [0, 0.1) is 18.3 Å². The molecule has 5 rings (SSSR count). The fourth-order valence-electron chi connectivity index (χ4n) is 5.06. The molecule has 162 valence electrons. The van der Waals surface area contributed by atoms with Crippen molar-refractivity contribution in [2.24, 2.45) is 0 Å². The number of aryl methyl sites for hydroxylation is 1. The summed E-state index contributed by atoms with van der Waals surface area (Å²) in [5.41, 5.74) is 3.87. The van der Waals surface area contributed by atoms with Crippen LogP contribution in [0.15, 0.2) is 54.7 Å². The Bertz CT molecular complexity index is 1200. The molecule has 1 aromatic heterocycles. The van der Waals surface area contributed by atoms with E-state index in [0.717, 1.165) is 36.6 Å². The van der Waals surface area contributed by atoms with Gasteiger partial charge in [0.05, 0.1) is 42.2 Å². The van der Waals surface area contributed by atoms with Gasteiger partial charge in [-0.3, -0.25) is 9.69 Å². The summed E-state index contributed by atoms with van der Waals surface area (Å²) in [6.45, 7) is 3.85. The predicted molar refractivity (Wildman–Crippen MR) is 124 cm³/mol. The lowest BCUT2D eigenvalue weighted by molar-refractivity contribution is -0.122. The first kappa shape index (κ1) is 20.7. The molecule has 0 bridgehead atoms. The molecule has 7 heteroatoms. The van der Waals surface area contributed by atoms with Gasteiger partial charge in [-0.05, 0) is 55.7 Å². The van der Waals surface area contributed by atoms with Gasteiger partial charge in [0, 0.05) is 23.8 Å². The van der Waals surface area contributed by atoms with E-state index in [-0.39, 0.29) is 18.0 Å². The van der Waals surface area contributed by atoms with E-state index in [0.29, 0.717) is 23.7 Å². The highest BCUT2D eigenvalue weighted by Crippen LogP contribution is 2.40. The summed E-state index contributed by atoms with van der Waals surface area (Å²) in [6, 6.07) is 17.9. The van der Waals surface area contributed by atoms with Crippen molar-refractivity contribution in [3.8, 4) is 6.07 Å². The number of benzene rings is 2. The van der Waals surface area contributed by atoms with Gasteiger partial charge in [0.2, 0.25) is 5.91 Å². The number of imidazole rings is 1. The van der Waals surface area contributed by atoms with Crippen molar-refractivity contribution in [2.75, 3.05) is 24.5 Å². The fourth-order valence-corrected chi connectivity index (χ4v) is 5.24. The molecule has 2 aromatic carbocycles. The van der Waals surface area contributed by atoms with Crippen LogP contribution >= 0.6 is 11.6 Å². The third kappa shape index (κ3) is 3.68. The van der Waals surface area contributed by atoms with E-state index >= 15 is 0 Å². The standard InChI is InChI=1S/C25H24ClN5O/c1-17-28-15-24-23(10-9-22(31(17)24)19-7-5-18(14-27)6-8-19)29-11-12-30(25(32)16-29)21-4-2-3-20(26)13-21/h2-8,13,15,22-23H,9-12,16H2,1H3/t22-,23-/m1/s1. The van der Waals surface area contributed by atoms with Gasteiger partial charge in [-0.2, -0.15) is 5.26 Å². The number of piperazine rings is 1. The summed E-state index contributed by atoms with van der Waals surface area (Å²) in [5, 5.41) is 9.74. The van der Waals surface area contributed by atoms with Crippen molar-refractivity contribution in [3.63, 3.8) is 0 Å². The molecular weight excluding hydrogens is 422 g/mol.